The number of nitrogens with zero attached hydrogens (tertiary/aromatic N) is 3. The van der Waals surface area contributed by atoms with Gasteiger partial charge in [0.1, 0.15) is 0 Å². The first-order chi connectivity index (χ1) is 15.3. The van der Waals surface area contributed by atoms with Crippen LogP contribution in [0.25, 0.3) is 16.2 Å². The summed E-state index contributed by atoms with van der Waals surface area (Å²) in [4.78, 5) is 20.8. The molecule has 2 aromatic heterocycles. The molecule has 0 aliphatic carbocycles. The van der Waals surface area contributed by atoms with Crippen LogP contribution in [-0.4, -0.2) is 46.5 Å². The molecule has 5 rings (SSSR count). The summed E-state index contributed by atoms with van der Waals surface area (Å²) in [6.07, 6.45) is 2.31. The van der Waals surface area contributed by atoms with E-state index in [1.54, 1.807) is 11.3 Å². The second-order valence-electron chi connectivity index (χ2n) is 7.64. The van der Waals surface area contributed by atoms with Crippen molar-refractivity contribution >= 4 is 27.9 Å². The van der Waals surface area contributed by atoms with Gasteiger partial charge in [0, 0.05) is 48.2 Å². The van der Waals surface area contributed by atoms with Gasteiger partial charge in [-0.3, -0.25) is 14.1 Å². The summed E-state index contributed by atoms with van der Waals surface area (Å²) in [7, 11) is 0. The zero-order chi connectivity index (χ0) is 21.0. The summed E-state index contributed by atoms with van der Waals surface area (Å²) in [6.45, 7) is 4.17. The number of para-hydroxylation sites is 1. The van der Waals surface area contributed by atoms with Gasteiger partial charge in [0.15, 0.2) is 4.96 Å². The molecule has 1 saturated heterocycles. The Morgan fingerprint density at radius 2 is 1.84 bits per heavy atom. The predicted molar refractivity (Wildman–Crippen MR) is 123 cm³/mol. The van der Waals surface area contributed by atoms with Gasteiger partial charge in [-0.25, -0.2) is 4.98 Å². The van der Waals surface area contributed by atoms with E-state index in [-0.39, 0.29) is 5.91 Å². The molecule has 4 aromatic rings. The molecule has 0 unspecified atom stereocenters. The molecular formula is C24H24N4O2S. The third kappa shape index (κ3) is 4.54. The Hall–Kier alpha value is -3.00. The molecule has 1 fully saturated rings. The Kier molecular flexibility index (Phi) is 5.80. The lowest BCUT2D eigenvalue weighted by Gasteiger charge is -2.27. The number of anilines is 1. The number of benzene rings is 2. The number of carbonyl (C=O) groups excluding carboxylic acids is 1. The van der Waals surface area contributed by atoms with Gasteiger partial charge in [-0.05, 0) is 11.6 Å². The topological polar surface area (TPSA) is 58.9 Å². The Morgan fingerprint density at radius 3 is 2.68 bits per heavy atom. The Balaban J connectivity index is 1.30. The van der Waals surface area contributed by atoms with Crippen molar-refractivity contribution < 1.29 is 9.53 Å². The molecule has 0 bridgehead atoms. The maximum atomic E-state index is 12.9. The van der Waals surface area contributed by atoms with Gasteiger partial charge >= 0.3 is 0 Å². The number of nitrogens with one attached hydrogen (secondary N) is 1. The van der Waals surface area contributed by atoms with E-state index < -0.39 is 0 Å². The van der Waals surface area contributed by atoms with Crippen LogP contribution in [0.1, 0.15) is 11.3 Å². The summed E-state index contributed by atoms with van der Waals surface area (Å²) >= 11 is 1.56. The average Bonchev–Trinajstić information content (AvgIpc) is 3.39. The van der Waals surface area contributed by atoms with Gasteiger partial charge in [0.25, 0.3) is 0 Å². The molecular weight excluding hydrogens is 408 g/mol. The fourth-order valence-electron chi connectivity index (χ4n) is 3.84. The summed E-state index contributed by atoms with van der Waals surface area (Å²) in [5.74, 6) is -0.0240. The fraction of sp³-hybridized carbons (Fsp3) is 0.250. The van der Waals surface area contributed by atoms with Gasteiger partial charge in [-0.15, -0.1) is 11.3 Å². The molecule has 3 heterocycles. The lowest BCUT2D eigenvalue weighted by atomic mass is 10.1. The number of morpholine rings is 1. The zero-order valence-electron chi connectivity index (χ0n) is 17.2. The first-order valence-electron chi connectivity index (χ1n) is 10.4. The second kappa shape index (κ2) is 9.01. The molecule has 0 saturated carbocycles. The van der Waals surface area contributed by atoms with Crippen LogP contribution >= 0.6 is 11.3 Å². The molecule has 2 aromatic carbocycles. The van der Waals surface area contributed by atoms with Crippen molar-refractivity contribution in [1.82, 2.24) is 14.3 Å². The molecule has 0 spiro atoms. The first-order valence-corrected chi connectivity index (χ1v) is 11.3. The van der Waals surface area contributed by atoms with Crippen LogP contribution in [0, 0.1) is 0 Å². The van der Waals surface area contributed by atoms with Crippen molar-refractivity contribution in [3.05, 3.63) is 77.4 Å². The van der Waals surface area contributed by atoms with Crippen LogP contribution in [0.3, 0.4) is 0 Å². The highest BCUT2D eigenvalue weighted by Crippen LogP contribution is 2.24. The minimum atomic E-state index is -0.0240. The van der Waals surface area contributed by atoms with Crippen molar-refractivity contribution in [3.8, 4) is 11.3 Å². The SMILES string of the molecule is O=C(Cc1csc2nc(-c3ccccc3)cn12)Nc1ccccc1CN1CCOCC1. The number of ether oxygens (including phenoxy) is 1. The van der Waals surface area contributed by atoms with Gasteiger partial charge in [-0.1, -0.05) is 48.5 Å². The minimum Gasteiger partial charge on any atom is -0.379 e. The Labute approximate surface area is 185 Å². The first kappa shape index (κ1) is 19.9. The van der Waals surface area contributed by atoms with Crippen molar-refractivity contribution in [3.63, 3.8) is 0 Å². The molecule has 1 aliphatic rings. The number of hydrogen-bond donors (Lipinski definition) is 1. The Morgan fingerprint density at radius 1 is 1.06 bits per heavy atom. The third-order valence-corrected chi connectivity index (χ3v) is 6.37. The van der Waals surface area contributed by atoms with Crippen LogP contribution in [0.5, 0.6) is 0 Å². The predicted octanol–water partition coefficient (Wildman–Crippen LogP) is 4.08. The maximum absolute atomic E-state index is 12.9. The standard InChI is InChI=1S/C24H24N4O2S/c29-23(25-21-9-5-4-8-19(21)15-27-10-12-30-13-11-27)14-20-17-31-24-26-22(16-28(20)24)18-6-2-1-3-7-18/h1-9,16-17H,10-15H2,(H,25,29). The molecule has 6 nitrogen and oxygen atoms in total. The zero-order valence-corrected chi connectivity index (χ0v) is 18.0. The van der Waals surface area contributed by atoms with Crippen molar-refractivity contribution in [2.24, 2.45) is 0 Å². The van der Waals surface area contributed by atoms with E-state index in [9.17, 15) is 4.79 Å². The van der Waals surface area contributed by atoms with Crippen molar-refractivity contribution in [2.45, 2.75) is 13.0 Å². The fourth-order valence-corrected chi connectivity index (χ4v) is 4.72. The highest BCUT2D eigenvalue weighted by molar-refractivity contribution is 7.15. The second-order valence-corrected chi connectivity index (χ2v) is 8.48. The number of fused-ring (bicyclic) bond motifs is 1. The van der Waals surface area contributed by atoms with Crippen LogP contribution in [0.15, 0.2) is 66.2 Å². The van der Waals surface area contributed by atoms with E-state index in [2.05, 4.69) is 16.3 Å². The normalized spacial score (nSPS) is 14.7. The summed E-state index contributed by atoms with van der Waals surface area (Å²) in [5.41, 5.74) is 4.94. The molecule has 31 heavy (non-hydrogen) atoms. The summed E-state index contributed by atoms with van der Waals surface area (Å²) in [5, 5.41) is 5.13. The molecule has 0 radical (unpaired) electrons. The van der Waals surface area contributed by atoms with Gasteiger partial charge in [0.2, 0.25) is 5.91 Å². The van der Waals surface area contributed by atoms with Crippen molar-refractivity contribution in [1.29, 1.82) is 0 Å². The van der Waals surface area contributed by atoms with Crippen LogP contribution in [0.2, 0.25) is 0 Å². The van der Waals surface area contributed by atoms with E-state index in [0.29, 0.717) is 6.42 Å². The van der Waals surface area contributed by atoms with E-state index >= 15 is 0 Å². The smallest absolute Gasteiger partial charge is 0.230 e. The van der Waals surface area contributed by atoms with Gasteiger partial charge < -0.3 is 10.1 Å². The summed E-state index contributed by atoms with van der Waals surface area (Å²) in [6, 6.07) is 18.1. The van der Waals surface area contributed by atoms with Crippen LogP contribution < -0.4 is 5.32 Å². The molecule has 1 aliphatic heterocycles. The van der Waals surface area contributed by atoms with E-state index in [0.717, 1.165) is 66.0 Å². The number of amides is 1. The largest absolute Gasteiger partial charge is 0.379 e. The van der Waals surface area contributed by atoms with Gasteiger partial charge in [-0.2, -0.15) is 0 Å². The quantitative estimate of drug-likeness (QED) is 0.499. The van der Waals surface area contributed by atoms with E-state index in [1.165, 1.54) is 0 Å². The highest BCUT2D eigenvalue weighted by Gasteiger charge is 2.16. The van der Waals surface area contributed by atoms with E-state index in [1.807, 2.05) is 64.5 Å². The lowest BCUT2D eigenvalue weighted by Crippen LogP contribution is -2.35. The van der Waals surface area contributed by atoms with E-state index in [4.69, 9.17) is 9.72 Å². The molecule has 158 valence electrons. The lowest BCUT2D eigenvalue weighted by molar-refractivity contribution is -0.115. The molecule has 1 amide bonds. The molecule has 0 atom stereocenters. The molecule has 7 heteroatoms. The highest BCUT2D eigenvalue weighted by atomic mass is 32.1. The number of imidazole rings is 1. The monoisotopic (exact) mass is 432 g/mol. The van der Waals surface area contributed by atoms with Gasteiger partial charge in [0.05, 0.1) is 25.3 Å². The number of hydrogen-bond acceptors (Lipinski definition) is 5. The Bertz CT molecular complexity index is 1180. The average molecular weight is 433 g/mol. The van der Waals surface area contributed by atoms with Crippen LogP contribution in [0.4, 0.5) is 5.69 Å². The number of aromatic nitrogens is 2. The van der Waals surface area contributed by atoms with Crippen LogP contribution in [-0.2, 0) is 22.5 Å². The number of thiazole rings is 1. The third-order valence-electron chi connectivity index (χ3n) is 5.48. The number of rotatable bonds is 6. The minimum absolute atomic E-state index is 0.0240. The summed E-state index contributed by atoms with van der Waals surface area (Å²) < 4.78 is 7.46. The maximum Gasteiger partial charge on any atom is 0.230 e. The van der Waals surface area contributed by atoms with Crippen molar-refractivity contribution in [2.75, 3.05) is 31.6 Å². The molecule has 1 N–H and O–H groups in total. The number of carbonyl (C=O) groups is 1.